The van der Waals surface area contributed by atoms with Gasteiger partial charge in [0, 0.05) is 19.5 Å². The summed E-state index contributed by atoms with van der Waals surface area (Å²) in [6.45, 7) is 4.26. The van der Waals surface area contributed by atoms with Gasteiger partial charge in [0.1, 0.15) is 5.75 Å². The molecule has 1 fully saturated rings. The van der Waals surface area contributed by atoms with Crippen molar-refractivity contribution in [2.75, 3.05) is 27.2 Å². The number of nitrogens with zero attached hydrogens (tertiary/aromatic N) is 1. The molecule has 22 heavy (non-hydrogen) atoms. The highest BCUT2D eigenvalue weighted by Crippen LogP contribution is 2.21. The van der Waals surface area contributed by atoms with Gasteiger partial charge in [-0.1, -0.05) is 18.2 Å². The lowest BCUT2D eigenvalue weighted by atomic mass is 10.0. The number of ether oxygens (including phenoxy) is 1. The van der Waals surface area contributed by atoms with Gasteiger partial charge in [-0.2, -0.15) is 0 Å². The summed E-state index contributed by atoms with van der Waals surface area (Å²) in [6.07, 6.45) is 3.67. The molecule has 4 heteroatoms. The number of hydrogen-bond acceptors (Lipinski definition) is 3. The summed E-state index contributed by atoms with van der Waals surface area (Å²) >= 11 is 0. The first kappa shape index (κ1) is 16.8. The standard InChI is InChI=1S/C18H28N2O2/c1-14(12-16-6-4-5-7-17(16)22-3)20(2)18(21)9-8-15-10-11-19-13-15/h4-7,14-15,19H,8-13H2,1-3H3. The molecule has 0 saturated carbocycles. The number of amides is 1. The van der Waals surface area contributed by atoms with Crippen LogP contribution in [0.25, 0.3) is 0 Å². The van der Waals surface area contributed by atoms with Crippen molar-refractivity contribution in [1.82, 2.24) is 10.2 Å². The lowest BCUT2D eigenvalue weighted by molar-refractivity contribution is -0.131. The maximum atomic E-state index is 12.4. The molecule has 0 aromatic heterocycles. The molecule has 1 N–H and O–H groups in total. The third-order valence-electron chi connectivity index (χ3n) is 4.69. The van der Waals surface area contributed by atoms with E-state index in [2.05, 4.69) is 18.3 Å². The van der Waals surface area contributed by atoms with E-state index in [4.69, 9.17) is 4.74 Å². The Morgan fingerprint density at radius 2 is 2.23 bits per heavy atom. The lowest BCUT2D eigenvalue weighted by Crippen LogP contribution is -2.36. The Bertz CT molecular complexity index is 484. The Hall–Kier alpha value is -1.55. The zero-order valence-electron chi connectivity index (χ0n) is 14.0. The van der Waals surface area contributed by atoms with Crippen LogP contribution in [0.3, 0.4) is 0 Å². The van der Waals surface area contributed by atoms with Crippen LogP contribution in [0.2, 0.25) is 0 Å². The number of methoxy groups -OCH3 is 1. The fourth-order valence-corrected chi connectivity index (χ4v) is 3.04. The lowest BCUT2D eigenvalue weighted by Gasteiger charge is -2.26. The number of carbonyl (C=O) groups excluding carboxylic acids is 1. The minimum absolute atomic E-state index is 0.172. The Kier molecular flexibility index (Phi) is 6.25. The molecule has 1 heterocycles. The SMILES string of the molecule is COc1ccccc1CC(C)N(C)C(=O)CCC1CCNC1. The third kappa shape index (κ3) is 4.47. The van der Waals surface area contributed by atoms with Crippen LogP contribution in [0, 0.1) is 5.92 Å². The summed E-state index contributed by atoms with van der Waals surface area (Å²) < 4.78 is 5.39. The number of likely N-dealkylation sites (N-methyl/N-ethyl adjacent to an activating group) is 1. The van der Waals surface area contributed by atoms with Gasteiger partial charge in [0.2, 0.25) is 5.91 Å². The highest BCUT2D eigenvalue weighted by atomic mass is 16.5. The van der Waals surface area contributed by atoms with E-state index in [0.29, 0.717) is 12.3 Å². The third-order valence-corrected chi connectivity index (χ3v) is 4.69. The van der Waals surface area contributed by atoms with Gasteiger partial charge in [0.25, 0.3) is 0 Å². The number of carbonyl (C=O) groups is 1. The second-order valence-corrected chi connectivity index (χ2v) is 6.27. The van der Waals surface area contributed by atoms with Gasteiger partial charge in [-0.3, -0.25) is 4.79 Å². The molecule has 0 bridgehead atoms. The van der Waals surface area contributed by atoms with E-state index in [0.717, 1.165) is 37.2 Å². The summed E-state index contributed by atoms with van der Waals surface area (Å²) in [5.41, 5.74) is 1.15. The molecule has 1 amide bonds. The molecule has 4 nitrogen and oxygen atoms in total. The Balaban J connectivity index is 1.84. The second-order valence-electron chi connectivity index (χ2n) is 6.27. The monoisotopic (exact) mass is 304 g/mol. The molecule has 2 atom stereocenters. The average Bonchev–Trinajstić information content (AvgIpc) is 3.05. The molecule has 2 rings (SSSR count). The van der Waals surface area contributed by atoms with Crippen molar-refractivity contribution < 1.29 is 9.53 Å². The molecule has 0 radical (unpaired) electrons. The van der Waals surface area contributed by atoms with E-state index < -0.39 is 0 Å². The predicted octanol–water partition coefficient (Wildman–Crippen LogP) is 2.47. The van der Waals surface area contributed by atoms with Crippen LogP contribution in [-0.2, 0) is 11.2 Å². The van der Waals surface area contributed by atoms with E-state index in [9.17, 15) is 4.79 Å². The minimum Gasteiger partial charge on any atom is -0.496 e. The van der Waals surface area contributed by atoms with Gasteiger partial charge in [0.15, 0.2) is 0 Å². The van der Waals surface area contributed by atoms with Crippen molar-refractivity contribution in [3.63, 3.8) is 0 Å². The molecule has 1 aromatic rings. The summed E-state index contributed by atoms with van der Waals surface area (Å²) in [6, 6.07) is 8.19. The zero-order chi connectivity index (χ0) is 15.9. The van der Waals surface area contributed by atoms with Gasteiger partial charge in [0.05, 0.1) is 7.11 Å². The largest absolute Gasteiger partial charge is 0.496 e. The Morgan fingerprint density at radius 1 is 1.45 bits per heavy atom. The summed E-state index contributed by atoms with van der Waals surface area (Å²) in [7, 11) is 3.60. The Labute approximate surface area is 133 Å². The molecule has 1 aromatic carbocycles. The number of nitrogens with one attached hydrogen (secondary N) is 1. The van der Waals surface area contributed by atoms with Gasteiger partial charge in [-0.05, 0) is 56.8 Å². The smallest absolute Gasteiger partial charge is 0.222 e. The van der Waals surface area contributed by atoms with Crippen molar-refractivity contribution in [1.29, 1.82) is 0 Å². The van der Waals surface area contributed by atoms with Crippen LogP contribution < -0.4 is 10.1 Å². The number of hydrogen-bond donors (Lipinski definition) is 1. The number of rotatable bonds is 7. The molecule has 2 unspecified atom stereocenters. The molecular formula is C18H28N2O2. The molecule has 1 aliphatic rings. The zero-order valence-corrected chi connectivity index (χ0v) is 14.0. The highest BCUT2D eigenvalue weighted by molar-refractivity contribution is 5.76. The summed E-state index contributed by atoms with van der Waals surface area (Å²) in [5, 5.41) is 3.35. The maximum absolute atomic E-state index is 12.4. The van der Waals surface area contributed by atoms with Gasteiger partial charge in [-0.25, -0.2) is 0 Å². The molecule has 122 valence electrons. The number of benzene rings is 1. The molecule has 0 aliphatic carbocycles. The van der Waals surface area contributed by atoms with Crippen LogP contribution in [0.5, 0.6) is 5.75 Å². The first-order chi connectivity index (χ1) is 10.6. The summed E-state index contributed by atoms with van der Waals surface area (Å²) in [5.74, 6) is 1.81. The Morgan fingerprint density at radius 3 is 2.91 bits per heavy atom. The molecule has 0 spiro atoms. The summed E-state index contributed by atoms with van der Waals surface area (Å²) in [4.78, 5) is 14.2. The van der Waals surface area contributed by atoms with Gasteiger partial charge < -0.3 is 15.0 Å². The molecule has 1 aliphatic heterocycles. The van der Waals surface area contributed by atoms with Gasteiger partial charge >= 0.3 is 0 Å². The van der Waals surface area contributed by atoms with E-state index >= 15 is 0 Å². The van der Waals surface area contributed by atoms with Crippen molar-refractivity contribution in [2.24, 2.45) is 5.92 Å². The minimum atomic E-state index is 0.172. The van der Waals surface area contributed by atoms with E-state index in [1.807, 2.05) is 30.1 Å². The second kappa shape index (κ2) is 8.18. The van der Waals surface area contributed by atoms with Crippen molar-refractivity contribution in [2.45, 2.75) is 38.6 Å². The van der Waals surface area contributed by atoms with Crippen molar-refractivity contribution in [3.05, 3.63) is 29.8 Å². The van der Waals surface area contributed by atoms with Crippen LogP contribution in [0.15, 0.2) is 24.3 Å². The quantitative estimate of drug-likeness (QED) is 0.841. The molecular weight excluding hydrogens is 276 g/mol. The van der Waals surface area contributed by atoms with Crippen LogP contribution in [-0.4, -0.2) is 44.1 Å². The van der Waals surface area contributed by atoms with Crippen LogP contribution in [0.4, 0.5) is 0 Å². The topological polar surface area (TPSA) is 41.6 Å². The van der Waals surface area contributed by atoms with E-state index in [1.54, 1.807) is 7.11 Å². The highest BCUT2D eigenvalue weighted by Gasteiger charge is 2.20. The first-order valence-electron chi connectivity index (χ1n) is 8.20. The van der Waals surface area contributed by atoms with Crippen molar-refractivity contribution in [3.8, 4) is 5.75 Å². The fourth-order valence-electron chi connectivity index (χ4n) is 3.04. The molecule has 1 saturated heterocycles. The van der Waals surface area contributed by atoms with Crippen molar-refractivity contribution >= 4 is 5.91 Å². The predicted molar refractivity (Wildman–Crippen MR) is 89.1 cm³/mol. The normalized spacial score (nSPS) is 19.0. The van der Waals surface area contributed by atoms with E-state index in [1.165, 1.54) is 6.42 Å². The van der Waals surface area contributed by atoms with Crippen LogP contribution >= 0.6 is 0 Å². The van der Waals surface area contributed by atoms with Crippen LogP contribution in [0.1, 0.15) is 31.7 Å². The average molecular weight is 304 g/mol. The van der Waals surface area contributed by atoms with E-state index in [-0.39, 0.29) is 11.9 Å². The first-order valence-corrected chi connectivity index (χ1v) is 8.20. The fraction of sp³-hybridized carbons (Fsp3) is 0.611. The number of para-hydroxylation sites is 1. The van der Waals surface area contributed by atoms with Gasteiger partial charge in [-0.15, -0.1) is 0 Å². The maximum Gasteiger partial charge on any atom is 0.222 e.